The zero-order valence-corrected chi connectivity index (χ0v) is 13.2. The number of ether oxygens (including phenoxy) is 1. The van der Waals surface area contributed by atoms with E-state index in [1.807, 2.05) is 19.9 Å². The van der Waals surface area contributed by atoms with Crippen molar-refractivity contribution in [3.05, 3.63) is 69.3 Å². The molecule has 7 nitrogen and oxygen atoms in total. The van der Waals surface area contributed by atoms with E-state index in [1.165, 1.54) is 24.3 Å². The number of nitro benzene ring substituents is 1. The number of amides is 1. The quantitative estimate of drug-likeness (QED) is 0.517. The number of hydrogen-bond acceptors (Lipinski definition) is 5. The molecule has 2 aromatic rings. The molecular formula is C17H16N2O5. The molecule has 0 aliphatic heterocycles. The van der Waals surface area contributed by atoms with E-state index in [9.17, 15) is 19.7 Å². The maximum atomic E-state index is 11.9. The van der Waals surface area contributed by atoms with Crippen LogP contribution in [0.4, 0.5) is 11.4 Å². The van der Waals surface area contributed by atoms with Gasteiger partial charge in [-0.15, -0.1) is 0 Å². The van der Waals surface area contributed by atoms with E-state index in [4.69, 9.17) is 4.74 Å². The SMILES string of the molecule is Cc1ccc(NC(=O)COC(=O)c2ccccc2[N+](=O)[O-])cc1C. The number of carbonyl (C=O) groups excluding carboxylic acids is 2. The third kappa shape index (κ3) is 4.16. The van der Waals surface area contributed by atoms with Crippen LogP contribution in [0.5, 0.6) is 0 Å². The van der Waals surface area contributed by atoms with Crippen LogP contribution in [0.2, 0.25) is 0 Å². The van der Waals surface area contributed by atoms with Crippen molar-refractivity contribution in [2.24, 2.45) is 0 Å². The van der Waals surface area contributed by atoms with Gasteiger partial charge in [0.2, 0.25) is 0 Å². The van der Waals surface area contributed by atoms with Crippen molar-refractivity contribution in [2.75, 3.05) is 11.9 Å². The van der Waals surface area contributed by atoms with Gasteiger partial charge in [-0.05, 0) is 43.2 Å². The summed E-state index contributed by atoms with van der Waals surface area (Å²) in [5.74, 6) is -1.44. The fourth-order valence-electron chi connectivity index (χ4n) is 2.03. The Morgan fingerprint density at radius 1 is 1.12 bits per heavy atom. The molecule has 0 aliphatic carbocycles. The number of para-hydroxylation sites is 1. The Morgan fingerprint density at radius 3 is 2.50 bits per heavy atom. The molecule has 0 spiro atoms. The normalized spacial score (nSPS) is 10.1. The molecule has 0 fully saturated rings. The van der Waals surface area contributed by atoms with Gasteiger partial charge >= 0.3 is 5.97 Å². The van der Waals surface area contributed by atoms with E-state index in [0.29, 0.717) is 5.69 Å². The van der Waals surface area contributed by atoms with Gasteiger partial charge < -0.3 is 10.1 Å². The monoisotopic (exact) mass is 328 g/mol. The Balaban J connectivity index is 1.97. The Bertz CT molecular complexity index is 801. The van der Waals surface area contributed by atoms with Gasteiger partial charge in [0.25, 0.3) is 11.6 Å². The van der Waals surface area contributed by atoms with E-state index in [-0.39, 0.29) is 11.3 Å². The fraction of sp³-hybridized carbons (Fsp3) is 0.176. The molecule has 0 unspecified atom stereocenters. The van der Waals surface area contributed by atoms with E-state index in [2.05, 4.69) is 5.32 Å². The summed E-state index contributed by atoms with van der Waals surface area (Å²) >= 11 is 0. The van der Waals surface area contributed by atoms with Crippen LogP contribution in [-0.2, 0) is 9.53 Å². The smallest absolute Gasteiger partial charge is 0.345 e. The van der Waals surface area contributed by atoms with Gasteiger partial charge in [0.05, 0.1) is 4.92 Å². The number of benzene rings is 2. The highest BCUT2D eigenvalue weighted by atomic mass is 16.6. The molecule has 1 amide bonds. The third-order valence-electron chi connectivity index (χ3n) is 3.45. The molecular weight excluding hydrogens is 312 g/mol. The summed E-state index contributed by atoms with van der Waals surface area (Å²) in [6.07, 6.45) is 0. The third-order valence-corrected chi connectivity index (χ3v) is 3.45. The predicted molar refractivity (Wildman–Crippen MR) is 87.9 cm³/mol. The minimum absolute atomic E-state index is 0.193. The molecule has 0 saturated heterocycles. The summed E-state index contributed by atoms with van der Waals surface area (Å²) in [4.78, 5) is 34.0. The maximum Gasteiger partial charge on any atom is 0.345 e. The molecule has 0 radical (unpaired) electrons. The molecule has 124 valence electrons. The van der Waals surface area contributed by atoms with E-state index < -0.39 is 23.4 Å². The van der Waals surface area contributed by atoms with Crippen molar-refractivity contribution in [3.63, 3.8) is 0 Å². The number of hydrogen-bond donors (Lipinski definition) is 1. The number of nitro groups is 1. The van der Waals surface area contributed by atoms with E-state index in [1.54, 1.807) is 12.1 Å². The van der Waals surface area contributed by atoms with E-state index >= 15 is 0 Å². The van der Waals surface area contributed by atoms with Crippen molar-refractivity contribution in [2.45, 2.75) is 13.8 Å². The molecule has 0 heterocycles. The summed E-state index contributed by atoms with van der Waals surface area (Å²) in [7, 11) is 0. The van der Waals surface area contributed by atoms with Gasteiger partial charge in [-0.3, -0.25) is 14.9 Å². The van der Waals surface area contributed by atoms with E-state index in [0.717, 1.165) is 11.1 Å². The summed E-state index contributed by atoms with van der Waals surface area (Å²) in [5.41, 5.74) is 2.14. The molecule has 0 aromatic heterocycles. The average Bonchev–Trinajstić information content (AvgIpc) is 2.56. The predicted octanol–water partition coefficient (Wildman–Crippen LogP) is 3.01. The summed E-state index contributed by atoms with van der Waals surface area (Å²) in [6.45, 7) is 3.34. The highest BCUT2D eigenvalue weighted by Gasteiger charge is 2.21. The van der Waals surface area contributed by atoms with Crippen molar-refractivity contribution in [1.29, 1.82) is 0 Å². The number of rotatable bonds is 5. The van der Waals surface area contributed by atoms with Crippen molar-refractivity contribution < 1.29 is 19.2 Å². The van der Waals surface area contributed by atoms with Crippen LogP contribution in [0, 0.1) is 24.0 Å². The molecule has 1 N–H and O–H groups in total. The van der Waals surface area contributed by atoms with Gasteiger partial charge in [-0.2, -0.15) is 0 Å². The molecule has 2 aromatic carbocycles. The Labute approximate surface area is 138 Å². The molecule has 0 atom stereocenters. The molecule has 0 aliphatic rings. The number of aryl methyl sites for hydroxylation is 2. The summed E-state index contributed by atoms with van der Waals surface area (Å²) in [5, 5.41) is 13.5. The first-order valence-electron chi connectivity index (χ1n) is 7.16. The van der Waals surface area contributed by atoms with Crippen LogP contribution in [0.1, 0.15) is 21.5 Å². The summed E-state index contributed by atoms with van der Waals surface area (Å²) < 4.78 is 4.85. The second-order valence-corrected chi connectivity index (χ2v) is 5.20. The number of anilines is 1. The second kappa shape index (κ2) is 7.36. The number of esters is 1. The number of nitrogens with zero attached hydrogens (tertiary/aromatic N) is 1. The van der Waals surface area contributed by atoms with Gasteiger partial charge in [-0.1, -0.05) is 18.2 Å². The highest BCUT2D eigenvalue weighted by Crippen LogP contribution is 2.18. The van der Waals surface area contributed by atoms with Crippen LogP contribution in [-0.4, -0.2) is 23.4 Å². The van der Waals surface area contributed by atoms with Crippen LogP contribution in [0.15, 0.2) is 42.5 Å². The minimum Gasteiger partial charge on any atom is -0.452 e. The van der Waals surface area contributed by atoms with Gasteiger partial charge in [-0.25, -0.2) is 4.79 Å². The molecule has 24 heavy (non-hydrogen) atoms. The lowest BCUT2D eigenvalue weighted by molar-refractivity contribution is -0.385. The molecule has 0 saturated carbocycles. The molecule has 0 bridgehead atoms. The lowest BCUT2D eigenvalue weighted by atomic mass is 10.1. The Morgan fingerprint density at radius 2 is 1.83 bits per heavy atom. The lowest BCUT2D eigenvalue weighted by Crippen LogP contribution is -2.21. The zero-order valence-electron chi connectivity index (χ0n) is 13.2. The zero-order chi connectivity index (χ0) is 17.7. The second-order valence-electron chi connectivity index (χ2n) is 5.20. The summed E-state index contributed by atoms with van der Waals surface area (Å²) in [6, 6.07) is 10.8. The topological polar surface area (TPSA) is 98.5 Å². The van der Waals surface area contributed by atoms with Crippen molar-refractivity contribution in [1.82, 2.24) is 0 Å². The highest BCUT2D eigenvalue weighted by molar-refractivity contribution is 5.97. The van der Waals surface area contributed by atoms with Gasteiger partial charge in [0.1, 0.15) is 5.56 Å². The van der Waals surface area contributed by atoms with Crippen LogP contribution in [0.25, 0.3) is 0 Å². The Hall–Kier alpha value is -3.22. The van der Waals surface area contributed by atoms with Crippen molar-refractivity contribution >= 4 is 23.3 Å². The lowest BCUT2D eigenvalue weighted by Gasteiger charge is -2.08. The minimum atomic E-state index is -0.919. The van der Waals surface area contributed by atoms with Crippen LogP contribution in [0.3, 0.4) is 0 Å². The first-order valence-corrected chi connectivity index (χ1v) is 7.16. The number of carbonyl (C=O) groups is 2. The first kappa shape index (κ1) is 17.1. The first-order chi connectivity index (χ1) is 11.4. The molecule has 2 rings (SSSR count). The number of nitrogens with one attached hydrogen (secondary N) is 1. The largest absolute Gasteiger partial charge is 0.452 e. The van der Waals surface area contributed by atoms with Crippen molar-refractivity contribution in [3.8, 4) is 0 Å². The van der Waals surface area contributed by atoms with Crippen LogP contribution >= 0.6 is 0 Å². The maximum absolute atomic E-state index is 11.9. The van der Waals surface area contributed by atoms with Crippen LogP contribution < -0.4 is 5.32 Å². The fourth-order valence-corrected chi connectivity index (χ4v) is 2.03. The Kier molecular flexibility index (Phi) is 5.26. The average molecular weight is 328 g/mol. The molecule has 7 heteroatoms. The van der Waals surface area contributed by atoms with Gasteiger partial charge in [0, 0.05) is 11.8 Å². The standard InChI is InChI=1S/C17H16N2O5/c1-11-7-8-13(9-12(11)2)18-16(20)10-24-17(21)14-5-3-4-6-15(14)19(22)23/h3-9H,10H2,1-2H3,(H,18,20). The van der Waals surface area contributed by atoms with Gasteiger partial charge in [0.15, 0.2) is 6.61 Å².